The molecule has 5 heterocycles. The van der Waals surface area contributed by atoms with Crippen molar-refractivity contribution < 1.29 is 23.0 Å². The lowest BCUT2D eigenvalue weighted by molar-refractivity contribution is -0.571. The molecule has 0 radical (unpaired) electrons. The summed E-state index contributed by atoms with van der Waals surface area (Å²) >= 11 is 0. The van der Waals surface area contributed by atoms with E-state index < -0.39 is 60.4 Å². The third-order valence-corrected chi connectivity index (χ3v) is 16.1. The standard InChI is InChI=1S/C74H52BN5O/c1-74(2,3)51-41-42-76-70(43-51)80-64-40-37-53(79-65-33-11-10-31-62(65)75-63-32-15-24-50-23-14-29-59(71(50)63)60-30-18-36-68(79)72(60)75)45-61(64)58-39-38-55(46-69(58)80)81-54-26-16-25-52(44-54)77-47-78(67-35-13-12-34-66(67)77)73-56(48-19-6-4-7-20-48)27-17-28-57(73)49-21-8-5-9-22-49/h4-46H,1-3H3/i4D,5D,6D,7D,8D,9D,19D,20D,21D,22D. The molecule has 3 aromatic heterocycles. The minimum Gasteiger partial charge on any atom is -0.458 e. The van der Waals surface area contributed by atoms with Gasteiger partial charge >= 0.3 is 0 Å². The molecule has 0 N–H and O–H groups in total. The van der Waals surface area contributed by atoms with Crippen LogP contribution in [0.5, 0.6) is 11.5 Å². The van der Waals surface area contributed by atoms with Crippen LogP contribution < -0.4 is 30.6 Å². The van der Waals surface area contributed by atoms with E-state index in [4.69, 9.17) is 23.4 Å². The molecule has 0 amide bonds. The van der Waals surface area contributed by atoms with Crippen molar-refractivity contribution in [3.63, 3.8) is 0 Å². The molecule has 0 saturated carbocycles. The average molecular weight is 1050 g/mol. The van der Waals surface area contributed by atoms with Gasteiger partial charge in [-0.3, -0.25) is 13.7 Å². The van der Waals surface area contributed by atoms with Crippen molar-refractivity contribution in [1.82, 2.24) is 14.1 Å². The molecule has 382 valence electrons. The van der Waals surface area contributed by atoms with Gasteiger partial charge in [-0.15, -0.1) is 0 Å². The van der Waals surface area contributed by atoms with E-state index in [1.54, 1.807) is 22.8 Å². The molecule has 0 unspecified atom stereocenters. The fourth-order valence-corrected chi connectivity index (χ4v) is 12.6. The van der Waals surface area contributed by atoms with E-state index >= 15 is 0 Å². The number of anilines is 3. The van der Waals surface area contributed by atoms with Gasteiger partial charge in [0.05, 0.1) is 47.1 Å². The van der Waals surface area contributed by atoms with Crippen LogP contribution in [0.3, 0.4) is 0 Å². The van der Waals surface area contributed by atoms with Crippen molar-refractivity contribution >= 4 is 83.8 Å². The monoisotopic (exact) mass is 1050 g/mol. The molecule has 6 nitrogen and oxygen atoms in total. The second kappa shape index (κ2) is 18.2. The second-order valence-electron chi connectivity index (χ2n) is 21.7. The van der Waals surface area contributed by atoms with Crippen LogP contribution in [0.4, 0.5) is 17.1 Å². The SMILES string of the molecule is [2H]c1c([2H])c([2H])c(-c2cccc(-c3c([2H])c([2H])c([2H])c([2H])c3[2H])c2-[n+]2[c-]n(-c3cccc(Oc4ccc5c6cc(N7c8ccccc8B8c9c(cccc97)-c7cccc9cccc8c79)ccc6n(-c6cc(C(C)(C)C)ccn6)c5c4)c3)c3ccccc32)c([2H])c1[2H]. The molecule has 14 aromatic rings. The molecule has 11 aromatic carbocycles. The Kier molecular flexibility index (Phi) is 8.42. The van der Waals surface area contributed by atoms with Crippen molar-refractivity contribution in [2.75, 3.05) is 4.90 Å². The smallest absolute Gasteiger partial charge is 0.269 e. The van der Waals surface area contributed by atoms with Gasteiger partial charge in [-0.2, -0.15) is 0 Å². The number of hydrogen-bond acceptors (Lipinski definition) is 3. The van der Waals surface area contributed by atoms with Crippen LogP contribution in [-0.2, 0) is 5.41 Å². The quantitative estimate of drug-likeness (QED) is 0.0865. The number of benzene rings is 11. The molecule has 2 aliphatic rings. The first kappa shape index (κ1) is 37.6. The largest absolute Gasteiger partial charge is 0.458 e. The minimum atomic E-state index is -0.571. The van der Waals surface area contributed by atoms with Crippen LogP contribution in [0.15, 0.2) is 261 Å². The first-order chi connectivity index (χ1) is 44.0. The topological polar surface area (TPSA) is 39.1 Å². The highest BCUT2D eigenvalue weighted by Crippen LogP contribution is 2.45. The Labute approximate surface area is 484 Å². The fraction of sp³-hybridized carbons (Fsp3) is 0.0541. The van der Waals surface area contributed by atoms with Gasteiger partial charge in [0.2, 0.25) is 6.71 Å². The summed E-state index contributed by atoms with van der Waals surface area (Å²) in [4.78, 5) is 7.47. The molecule has 81 heavy (non-hydrogen) atoms. The maximum Gasteiger partial charge on any atom is 0.269 e. The van der Waals surface area contributed by atoms with Crippen molar-refractivity contribution in [1.29, 1.82) is 0 Å². The van der Waals surface area contributed by atoms with Gasteiger partial charge in [0.25, 0.3) is 6.33 Å². The summed E-state index contributed by atoms with van der Waals surface area (Å²) in [6.07, 6.45) is 5.37. The van der Waals surface area contributed by atoms with Gasteiger partial charge in [0.15, 0.2) is 0 Å². The van der Waals surface area contributed by atoms with Crippen LogP contribution in [0.2, 0.25) is 0 Å². The highest BCUT2D eigenvalue weighted by atomic mass is 16.5. The van der Waals surface area contributed by atoms with E-state index in [0.717, 1.165) is 50.2 Å². The van der Waals surface area contributed by atoms with E-state index in [-0.39, 0.29) is 40.1 Å². The van der Waals surface area contributed by atoms with Crippen LogP contribution in [0.1, 0.15) is 40.0 Å². The number of aromatic nitrogens is 4. The highest BCUT2D eigenvalue weighted by Gasteiger charge is 2.40. The first-order valence-corrected chi connectivity index (χ1v) is 27.1. The molecule has 0 fully saturated rings. The Morgan fingerprint density at radius 2 is 1.21 bits per heavy atom. The maximum atomic E-state index is 9.13. The lowest BCUT2D eigenvalue weighted by atomic mass is 9.32. The summed E-state index contributed by atoms with van der Waals surface area (Å²) in [5.74, 6) is 1.83. The van der Waals surface area contributed by atoms with Gasteiger partial charge in [0, 0.05) is 40.1 Å². The Bertz CT molecular complexity index is 5350. The molecule has 0 bridgehead atoms. The Morgan fingerprint density at radius 1 is 0.531 bits per heavy atom. The lowest BCUT2D eigenvalue weighted by Crippen LogP contribution is -2.59. The number of rotatable bonds is 8. The summed E-state index contributed by atoms with van der Waals surface area (Å²) in [7, 11) is 0. The average Bonchev–Trinajstić information content (AvgIpc) is 1.09. The van der Waals surface area contributed by atoms with Crippen LogP contribution in [0, 0.1) is 6.33 Å². The maximum absolute atomic E-state index is 9.13. The summed E-state index contributed by atoms with van der Waals surface area (Å²) in [5, 5.41) is 4.59. The molecule has 2 aliphatic heterocycles. The van der Waals surface area contributed by atoms with Gasteiger partial charge in [-0.1, -0.05) is 202 Å². The summed E-state index contributed by atoms with van der Waals surface area (Å²) in [6.45, 7) is 6.65. The van der Waals surface area contributed by atoms with E-state index in [2.05, 4.69) is 158 Å². The number of ether oxygens (including phenoxy) is 1. The first-order valence-electron chi connectivity index (χ1n) is 32.1. The van der Waals surface area contributed by atoms with Gasteiger partial charge in [0.1, 0.15) is 17.3 Å². The van der Waals surface area contributed by atoms with Crippen molar-refractivity contribution in [2.45, 2.75) is 26.2 Å². The Balaban J connectivity index is 0.839. The van der Waals surface area contributed by atoms with E-state index in [1.165, 1.54) is 38.3 Å². The molecule has 0 aliphatic carbocycles. The number of fused-ring (bicyclic) bond motifs is 8. The molecule has 0 atom stereocenters. The second-order valence-corrected chi connectivity index (χ2v) is 21.7. The van der Waals surface area contributed by atoms with Crippen LogP contribution in [-0.4, -0.2) is 20.8 Å². The summed E-state index contributed by atoms with van der Waals surface area (Å²) < 4.78 is 101. The number of pyridine rings is 1. The number of hydrogen-bond donors (Lipinski definition) is 0. The van der Waals surface area contributed by atoms with Crippen LogP contribution >= 0.6 is 0 Å². The normalized spacial score (nSPS) is 14.3. The minimum absolute atomic E-state index is 0.0534. The third-order valence-electron chi connectivity index (χ3n) is 16.1. The van der Waals surface area contributed by atoms with Gasteiger partial charge < -0.3 is 9.64 Å². The molecular formula is C74H52BN5O. The molecule has 0 spiro atoms. The van der Waals surface area contributed by atoms with Gasteiger partial charge in [-0.05, 0) is 139 Å². The molecule has 7 heteroatoms. The van der Waals surface area contributed by atoms with E-state index in [9.17, 15) is 0 Å². The highest BCUT2D eigenvalue weighted by molar-refractivity contribution is 7.01. The number of nitrogens with zero attached hydrogens (tertiary/aromatic N) is 5. The van der Waals surface area contributed by atoms with Gasteiger partial charge in [-0.25, -0.2) is 4.98 Å². The Morgan fingerprint density at radius 3 is 2.02 bits per heavy atom. The zero-order chi connectivity index (χ0) is 62.6. The zero-order valence-corrected chi connectivity index (χ0v) is 44.3. The third kappa shape index (κ3) is 7.42. The van der Waals surface area contributed by atoms with E-state index in [1.807, 2.05) is 65.4 Å². The lowest BCUT2D eigenvalue weighted by Gasteiger charge is -2.40. The molecular weight excluding hydrogens is 986 g/mol. The number of imidazole rings is 1. The van der Waals surface area contributed by atoms with E-state index in [0.29, 0.717) is 28.2 Å². The van der Waals surface area contributed by atoms with Crippen molar-refractivity contribution in [3.05, 3.63) is 273 Å². The molecule has 0 saturated heterocycles. The summed E-state index contributed by atoms with van der Waals surface area (Å²) in [6, 6.07) is 60.5. The Hall–Kier alpha value is -10.2. The predicted molar refractivity (Wildman–Crippen MR) is 334 cm³/mol. The van der Waals surface area contributed by atoms with Crippen molar-refractivity contribution in [2.24, 2.45) is 0 Å². The molecule has 16 rings (SSSR count). The number of para-hydroxylation sites is 4. The van der Waals surface area contributed by atoms with Crippen LogP contribution in [0.25, 0.3) is 94.2 Å². The zero-order valence-electron chi connectivity index (χ0n) is 54.3. The predicted octanol–water partition coefficient (Wildman–Crippen LogP) is 16.1. The summed E-state index contributed by atoms with van der Waals surface area (Å²) in [5.41, 5.74) is 14.5. The van der Waals surface area contributed by atoms with Crippen molar-refractivity contribution in [3.8, 4) is 62.1 Å². The fourth-order valence-electron chi connectivity index (χ4n) is 12.6.